The minimum Gasteiger partial charge on any atom is -0.448 e. The molecule has 0 radical (unpaired) electrons. The Balaban J connectivity index is 1.47. The second-order valence-corrected chi connectivity index (χ2v) is 7.70. The zero-order valence-electron chi connectivity index (χ0n) is 16.2. The van der Waals surface area contributed by atoms with E-state index >= 15 is 0 Å². The van der Waals surface area contributed by atoms with E-state index in [4.69, 9.17) is 9.47 Å². The van der Waals surface area contributed by atoms with Gasteiger partial charge in [0.15, 0.2) is 0 Å². The number of nitrogens with zero attached hydrogens (tertiary/aromatic N) is 1. The molecule has 1 aliphatic heterocycles. The SMILES string of the molecule is CC(C)O[C@@H]1C[C@@H](C=O)N(C(=O)OCC2c3ccccc3-c3ccccc32)C1. The van der Waals surface area contributed by atoms with Crippen LogP contribution in [0, 0.1) is 0 Å². The number of carbonyl (C=O) groups excluding carboxylic acids is 2. The number of likely N-dealkylation sites (tertiary alicyclic amines) is 1. The molecule has 1 aliphatic carbocycles. The summed E-state index contributed by atoms with van der Waals surface area (Å²) in [5, 5.41) is 0. The van der Waals surface area contributed by atoms with E-state index in [-0.39, 0.29) is 24.7 Å². The zero-order valence-corrected chi connectivity index (χ0v) is 16.2. The van der Waals surface area contributed by atoms with Crippen molar-refractivity contribution in [2.24, 2.45) is 0 Å². The van der Waals surface area contributed by atoms with Gasteiger partial charge in [0.05, 0.1) is 24.8 Å². The van der Waals surface area contributed by atoms with E-state index in [0.717, 1.165) is 6.29 Å². The van der Waals surface area contributed by atoms with Crippen LogP contribution in [0.2, 0.25) is 0 Å². The second kappa shape index (κ2) is 7.76. The fraction of sp³-hybridized carbons (Fsp3) is 0.391. The molecule has 2 aromatic carbocycles. The van der Waals surface area contributed by atoms with Gasteiger partial charge >= 0.3 is 6.09 Å². The van der Waals surface area contributed by atoms with Crippen molar-refractivity contribution in [1.29, 1.82) is 0 Å². The highest BCUT2D eigenvalue weighted by atomic mass is 16.6. The van der Waals surface area contributed by atoms with Crippen LogP contribution >= 0.6 is 0 Å². The van der Waals surface area contributed by atoms with Crippen LogP contribution in [-0.2, 0) is 14.3 Å². The summed E-state index contributed by atoms with van der Waals surface area (Å²) >= 11 is 0. The molecule has 1 saturated heterocycles. The summed E-state index contributed by atoms with van der Waals surface area (Å²) < 4.78 is 11.5. The van der Waals surface area contributed by atoms with Gasteiger partial charge in [0.2, 0.25) is 0 Å². The number of fused-ring (bicyclic) bond motifs is 3. The summed E-state index contributed by atoms with van der Waals surface area (Å²) in [6.07, 6.45) is 0.807. The first-order valence-corrected chi connectivity index (χ1v) is 9.81. The van der Waals surface area contributed by atoms with Crippen LogP contribution in [0.15, 0.2) is 48.5 Å². The molecule has 0 unspecified atom stereocenters. The number of amides is 1. The van der Waals surface area contributed by atoms with Gasteiger partial charge in [-0.3, -0.25) is 4.90 Å². The van der Waals surface area contributed by atoms with Gasteiger partial charge in [-0.15, -0.1) is 0 Å². The van der Waals surface area contributed by atoms with Gasteiger partial charge in [0, 0.05) is 12.3 Å². The Morgan fingerprint density at radius 3 is 2.29 bits per heavy atom. The Labute approximate surface area is 165 Å². The molecule has 0 aromatic heterocycles. The quantitative estimate of drug-likeness (QED) is 0.737. The molecule has 0 N–H and O–H groups in total. The molecule has 1 fully saturated rings. The van der Waals surface area contributed by atoms with E-state index in [0.29, 0.717) is 13.0 Å². The van der Waals surface area contributed by atoms with E-state index < -0.39 is 12.1 Å². The van der Waals surface area contributed by atoms with Crippen molar-refractivity contribution in [3.63, 3.8) is 0 Å². The highest BCUT2D eigenvalue weighted by Crippen LogP contribution is 2.44. The van der Waals surface area contributed by atoms with Crippen LogP contribution < -0.4 is 0 Å². The molecule has 0 spiro atoms. The maximum absolute atomic E-state index is 12.7. The third kappa shape index (κ3) is 3.42. The van der Waals surface area contributed by atoms with Crippen LogP contribution in [0.4, 0.5) is 4.79 Å². The van der Waals surface area contributed by atoms with Crippen LogP contribution in [0.3, 0.4) is 0 Å². The van der Waals surface area contributed by atoms with E-state index in [9.17, 15) is 9.59 Å². The lowest BCUT2D eigenvalue weighted by Crippen LogP contribution is -2.38. The lowest BCUT2D eigenvalue weighted by Gasteiger charge is -2.22. The molecule has 28 heavy (non-hydrogen) atoms. The largest absolute Gasteiger partial charge is 0.448 e. The lowest BCUT2D eigenvalue weighted by molar-refractivity contribution is -0.111. The number of aldehydes is 1. The third-order valence-electron chi connectivity index (χ3n) is 5.50. The summed E-state index contributed by atoms with van der Waals surface area (Å²) in [5.41, 5.74) is 4.73. The van der Waals surface area contributed by atoms with Gasteiger partial charge < -0.3 is 14.3 Å². The van der Waals surface area contributed by atoms with Crippen molar-refractivity contribution in [3.8, 4) is 11.1 Å². The van der Waals surface area contributed by atoms with Crippen molar-refractivity contribution in [3.05, 3.63) is 59.7 Å². The number of rotatable bonds is 5. The number of carbonyl (C=O) groups is 2. The van der Waals surface area contributed by atoms with Crippen molar-refractivity contribution in [2.75, 3.05) is 13.2 Å². The first-order chi connectivity index (χ1) is 13.6. The predicted octanol–water partition coefficient (Wildman–Crippen LogP) is 4.00. The molecule has 1 amide bonds. The summed E-state index contributed by atoms with van der Waals surface area (Å²) in [6.45, 7) is 4.54. The highest BCUT2D eigenvalue weighted by molar-refractivity contribution is 5.79. The summed E-state index contributed by atoms with van der Waals surface area (Å²) in [5.74, 6) is 0.0105. The smallest absolute Gasteiger partial charge is 0.410 e. The second-order valence-electron chi connectivity index (χ2n) is 7.70. The number of ether oxygens (including phenoxy) is 2. The molecule has 146 valence electrons. The average Bonchev–Trinajstić information content (AvgIpc) is 3.24. The van der Waals surface area contributed by atoms with Crippen molar-refractivity contribution in [2.45, 2.75) is 44.4 Å². The van der Waals surface area contributed by atoms with Crippen molar-refractivity contribution in [1.82, 2.24) is 4.90 Å². The molecular weight excluding hydrogens is 354 g/mol. The van der Waals surface area contributed by atoms with Crippen LogP contribution in [-0.4, -0.2) is 48.7 Å². The maximum Gasteiger partial charge on any atom is 0.410 e. The minimum atomic E-state index is -0.487. The van der Waals surface area contributed by atoms with Gasteiger partial charge in [-0.2, -0.15) is 0 Å². The van der Waals surface area contributed by atoms with Crippen molar-refractivity contribution >= 4 is 12.4 Å². The molecule has 2 aromatic rings. The molecule has 4 rings (SSSR count). The van der Waals surface area contributed by atoms with E-state index in [1.807, 2.05) is 38.1 Å². The van der Waals surface area contributed by atoms with E-state index in [1.54, 1.807) is 0 Å². The molecule has 2 atom stereocenters. The van der Waals surface area contributed by atoms with Gasteiger partial charge in [-0.25, -0.2) is 4.79 Å². The number of hydrogen-bond acceptors (Lipinski definition) is 4. The zero-order chi connectivity index (χ0) is 19.7. The molecule has 5 heteroatoms. The first kappa shape index (κ1) is 18.7. The molecular formula is C23H25NO4. The topological polar surface area (TPSA) is 55.8 Å². The molecule has 5 nitrogen and oxygen atoms in total. The fourth-order valence-corrected chi connectivity index (χ4v) is 4.33. The predicted molar refractivity (Wildman–Crippen MR) is 106 cm³/mol. The lowest BCUT2D eigenvalue weighted by atomic mass is 9.98. The van der Waals surface area contributed by atoms with Crippen LogP contribution in [0.1, 0.15) is 37.3 Å². The molecule has 0 saturated carbocycles. The van der Waals surface area contributed by atoms with Crippen molar-refractivity contribution < 1.29 is 19.1 Å². The molecule has 0 bridgehead atoms. The Morgan fingerprint density at radius 1 is 1.11 bits per heavy atom. The normalized spacial score (nSPS) is 20.9. The summed E-state index contributed by atoms with van der Waals surface area (Å²) in [7, 11) is 0. The first-order valence-electron chi connectivity index (χ1n) is 9.81. The fourth-order valence-electron chi connectivity index (χ4n) is 4.33. The number of hydrogen-bond donors (Lipinski definition) is 0. The average molecular weight is 379 g/mol. The van der Waals surface area contributed by atoms with Gasteiger partial charge in [-0.1, -0.05) is 48.5 Å². The molecule has 1 heterocycles. The van der Waals surface area contributed by atoms with Gasteiger partial charge in [0.1, 0.15) is 12.9 Å². The van der Waals surface area contributed by atoms with E-state index in [1.165, 1.54) is 27.2 Å². The molecule has 2 aliphatic rings. The Hall–Kier alpha value is -2.66. The highest BCUT2D eigenvalue weighted by Gasteiger charge is 2.38. The van der Waals surface area contributed by atoms with Gasteiger partial charge in [0.25, 0.3) is 0 Å². The summed E-state index contributed by atoms with van der Waals surface area (Å²) in [6, 6.07) is 16.0. The van der Waals surface area contributed by atoms with Crippen LogP contribution in [0.5, 0.6) is 0 Å². The minimum absolute atomic E-state index is 0.0105. The Bertz CT molecular complexity index is 833. The summed E-state index contributed by atoms with van der Waals surface area (Å²) in [4.78, 5) is 25.6. The standard InChI is InChI=1S/C23H25NO4/c1-15(2)28-17-11-16(13-25)24(12-17)23(26)27-14-22-20-9-5-3-7-18(20)19-8-4-6-10-21(19)22/h3-10,13,15-17,22H,11-12,14H2,1-2H3/t16-,17+/m0/s1. The van der Waals surface area contributed by atoms with Gasteiger partial charge in [-0.05, 0) is 36.1 Å². The maximum atomic E-state index is 12.7. The monoisotopic (exact) mass is 379 g/mol. The van der Waals surface area contributed by atoms with Crippen LogP contribution in [0.25, 0.3) is 11.1 Å². The number of benzene rings is 2. The third-order valence-corrected chi connectivity index (χ3v) is 5.50. The Morgan fingerprint density at radius 2 is 1.71 bits per heavy atom. The Kier molecular flexibility index (Phi) is 5.18. The van der Waals surface area contributed by atoms with E-state index in [2.05, 4.69) is 24.3 Å².